The molecule has 2 aromatic heterocycles. The van der Waals surface area contributed by atoms with Gasteiger partial charge in [0.2, 0.25) is 0 Å². The highest BCUT2D eigenvalue weighted by molar-refractivity contribution is 14.0. The number of methoxy groups -OCH3 is 1. The smallest absolute Gasteiger partial charge is 0.194 e. The molecule has 0 amide bonds. The Labute approximate surface area is 170 Å². The van der Waals surface area contributed by atoms with Gasteiger partial charge in [-0.2, -0.15) is 0 Å². The first-order valence-electron chi connectivity index (χ1n) is 7.97. The molecule has 9 heteroatoms. The number of rotatable bonds is 8. The fraction of sp³-hybridized carbons (Fsp3) is 0.562. The summed E-state index contributed by atoms with van der Waals surface area (Å²) in [5.74, 6) is 2.59. The van der Waals surface area contributed by atoms with Crippen molar-refractivity contribution in [3.05, 3.63) is 34.0 Å². The fourth-order valence-electron chi connectivity index (χ4n) is 2.15. The van der Waals surface area contributed by atoms with E-state index in [0.29, 0.717) is 13.2 Å². The number of aryl methyl sites for hydroxylation is 1. The molecule has 1 N–H and O–H groups in total. The van der Waals surface area contributed by atoms with Crippen LogP contribution in [0.1, 0.15) is 16.5 Å². The number of halogens is 1. The van der Waals surface area contributed by atoms with E-state index >= 15 is 0 Å². The molecule has 0 aromatic carbocycles. The molecule has 2 aromatic rings. The summed E-state index contributed by atoms with van der Waals surface area (Å²) in [4.78, 5) is 8.21. The van der Waals surface area contributed by atoms with Gasteiger partial charge in [-0.1, -0.05) is 6.07 Å². The van der Waals surface area contributed by atoms with Gasteiger partial charge in [0.1, 0.15) is 12.4 Å². The molecule has 2 heterocycles. The molecule has 140 valence electrons. The molecule has 0 fully saturated rings. The summed E-state index contributed by atoms with van der Waals surface area (Å²) < 4.78 is 7.08. The summed E-state index contributed by atoms with van der Waals surface area (Å²) in [6.07, 6.45) is 1.00. The molecular weight excluding hydrogens is 451 g/mol. The van der Waals surface area contributed by atoms with Crippen LogP contribution in [0.25, 0.3) is 0 Å². The lowest BCUT2D eigenvalue weighted by molar-refractivity contribution is 0.203. The van der Waals surface area contributed by atoms with E-state index in [4.69, 9.17) is 9.73 Å². The maximum atomic E-state index is 5.12. The molecule has 0 unspecified atom stereocenters. The Morgan fingerprint density at radius 2 is 2.24 bits per heavy atom. The van der Waals surface area contributed by atoms with Crippen LogP contribution in [0, 0.1) is 6.92 Å². The minimum Gasteiger partial charge on any atom is -0.383 e. The first-order valence-corrected chi connectivity index (χ1v) is 8.85. The van der Waals surface area contributed by atoms with Gasteiger partial charge in [0, 0.05) is 39.2 Å². The zero-order valence-electron chi connectivity index (χ0n) is 15.2. The summed E-state index contributed by atoms with van der Waals surface area (Å²) in [5.41, 5.74) is 0. The maximum Gasteiger partial charge on any atom is 0.194 e. The molecule has 0 saturated carbocycles. The van der Waals surface area contributed by atoms with E-state index in [0.717, 1.165) is 37.1 Å². The monoisotopic (exact) mass is 478 g/mol. The van der Waals surface area contributed by atoms with Crippen molar-refractivity contribution < 1.29 is 4.74 Å². The lowest BCUT2D eigenvalue weighted by Crippen LogP contribution is -2.41. The number of hydrogen-bond acceptors (Lipinski definition) is 5. The maximum absolute atomic E-state index is 5.12. The molecule has 7 nitrogen and oxygen atoms in total. The number of nitrogens with zero attached hydrogens (tertiary/aromatic N) is 5. The SMILES string of the molecule is COCCNC(=NCc1nnc(C)n1C)N(C)CCc1cccs1.I. The summed E-state index contributed by atoms with van der Waals surface area (Å²) in [5, 5.41) is 13.7. The van der Waals surface area contributed by atoms with Gasteiger partial charge >= 0.3 is 0 Å². The van der Waals surface area contributed by atoms with Gasteiger partial charge < -0.3 is 19.5 Å². The Morgan fingerprint density at radius 1 is 1.44 bits per heavy atom. The number of aromatic nitrogens is 3. The van der Waals surface area contributed by atoms with Gasteiger partial charge in [-0.3, -0.25) is 0 Å². The minimum absolute atomic E-state index is 0. The van der Waals surface area contributed by atoms with Gasteiger partial charge in [0.25, 0.3) is 0 Å². The third-order valence-corrected chi connectivity index (χ3v) is 4.71. The van der Waals surface area contributed by atoms with E-state index < -0.39 is 0 Å². The van der Waals surface area contributed by atoms with Crippen molar-refractivity contribution in [1.82, 2.24) is 25.0 Å². The topological polar surface area (TPSA) is 67.6 Å². The molecule has 0 aliphatic rings. The Kier molecular flexibility index (Phi) is 9.98. The first kappa shape index (κ1) is 21.8. The second-order valence-corrected chi connectivity index (χ2v) is 6.57. The van der Waals surface area contributed by atoms with Crippen molar-refractivity contribution >= 4 is 41.3 Å². The van der Waals surface area contributed by atoms with Crippen LogP contribution in [0.15, 0.2) is 22.5 Å². The lowest BCUT2D eigenvalue weighted by Gasteiger charge is -2.22. The van der Waals surface area contributed by atoms with E-state index in [1.54, 1.807) is 18.4 Å². The molecule has 0 spiro atoms. The predicted octanol–water partition coefficient (Wildman–Crippen LogP) is 2.07. The minimum atomic E-state index is 0. The summed E-state index contributed by atoms with van der Waals surface area (Å²) in [6.45, 7) is 4.69. The van der Waals surface area contributed by atoms with E-state index in [2.05, 4.69) is 37.9 Å². The molecule has 0 aliphatic carbocycles. The third kappa shape index (κ3) is 6.90. The van der Waals surface area contributed by atoms with Gasteiger partial charge in [-0.15, -0.1) is 45.5 Å². The molecule has 2 rings (SSSR count). The van der Waals surface area contributed by atoms with Gasteiger partial charge in [0.15, 0.2) is 11.8 Å². The molecule has 0 radical (unpaired) electrons. The summed E-state index contributed by atoms with van der Waals surface area (Å²) >= 11 is 1.78. The van der Waals surface area contributed by atoms with Crippen molar-refractivity contribution in [2.45, 2.75) is 19.9 Å². The quantitative estimate of drug-likeness (QED) is 0.272. The molecular formula is C16H27IN6OS. The summed E-state index contributed by atoms with van der Waals surface area (Å²) in [7, 11) is 5.70. The average molecular weight is 478 g/mol. The van der Waals surface area contributed by atoms with Crippen molar-refractivity contribution in [3.63, 3.8) is 0 Å². The number of guanidine groups is 1. The predicted molar refractivity (Wildman–Crippen MR) is 113 cm³/mol. The molecule has 25 heavy (non-hydrogen) atoms. The van der Waals surface area contributed by atoms with Crippen LogP contribution < -0.4 is 5.32 Å². The zero-order chi connectivity index (χ0) is 17.4. The number of likely N-dealkylation sites (N-methyl/N-ethyl adjacent to an activating group) is 1. The highest BCUT2D eigenvalue weighted by atomic mass is 127. The van der Waals surface area contributed by atoms with Crippen LogP contribution >= 0.6 is 35.3 Å². The molecule has 0 bridgehead atoms. The Balaban J connectivity index is 0.00000312. The number of nitrogens with one attached hydrogen (secondary N) is 1. The molecule has 0 saturated heterocycles. The number of aliphatic imine (C=N–C) groups is 1. The van der Waals surface area contributed by atoms with E-state index in [1.807, 2.05) is 25.6 Å². The largest absolute Gasteiger partial charge is 0.383 e. The Bertz CT molecular complexity index is 643. The van der Waals surface area contributed by atoms with E-state index in [9.17, 15) is 0 Å². The Morgan fingerprint density at radius 3 is 2.84 bits per heavy atom. The van der Waals surface area contributed by atoms with E-state index in [1.165, 1.54) is 4.88 Å². The van der Waals surface area contributed by atoms with Gasteiger partial charge in [-0.25, -0.2) is 4.99 Å². The van der Waals surface area contributed by atoms with Crippen LogP contribution in [0.4, 0.5) is 0 Å². The summed E-state index contributed by atoms with van der Waals surface area (Å²) in [6, 6.07) is 4.25. The van der Waals surface area contributed by atoms with Crippen molar-refractivity contribution in [1.29, 1.82) is 0 Å². The third-order valence-electron chi connectivity index (χ3n) is 3.78. The first-order chi connectivity index (χ1) is 11.6. The number of thiophene rings is 1. The highest BCUT2D eigenvalue weighted by Crippen LogP contribution is 2.09. The van der Waals surface area contributed by atoms with Crippen LogP contribution in [0.3, 0.4) is 0 Å². The van der Waals surface area contributed by atoms with Crippen LogP contribution in [0.5, 0.6) is 0 Å². The van der Waals surface area contributed by atoms with Gasteiger partial charge in [0.05, 0.1) is 6.61 Å². The van der Waals surface area contributed by atoms with Crippen LogP contribution in [-0.2, 0) is 24.8 Å². The molecule has 0 atom stereocenters. The lowest BCUT2D eigenvalue weighted by atomic mass is 10.3. The van der Waals surface area contributed by atoms with Crippen LogP contribution in [-0.4, -0.2) is 59.5 Å². The normalized spacial score (nSPS) is 11.3. The van der Waals surface area contributed by atoms with Crippen molar-refractivity contribution in [3.8, 4) is 0 Å². The van der Waals surface area contributed by atoms with Crippen molar-refractivity contribution in [2.75, 3.05) is 33.9 Å². The number of hydrogen-bond donors (Lipinski definition) is 1. The average Bonchev–Trinajstić information content (AvgIpc) is 3.20. The zero-order valence-corrected chi connectivity index (χ0v) is 18.4. The standard InChI is InChI=1S/C16H26N6OS.HI/c1-13-19-20-15(22(13)3)12-18-16(17-8-10-23-4)21(2)9-7-14-6-5-11-24-14;/h5-6,11H,7-10,12H2,1-4H3,(H,17,18);1H. The van der Waals surface area contributed by atoms with Crippen molar-refractivity contribution in [2.24, 2.45) is 12.0 Å². The van der Waals surface area contributed by atoms with Crippen LogP contribution in [0.2, 0.25) is 0 Å². The van der Waals surface area contributed by atoms with Gasteiger partial charge in [-0.05, 0) is 24.8 Å². The fourth-order valence-corrected chi connectivity index (χ4v) is 2.85. The number of ether oxygens (including phenoxy) is 1. The molecule has 0 aliphatic heterocycles. The second kappa shape index (κ2) is 11.4. The van der Waals surface area contributed by atoms with E-state index in [-0.39, 0.29) is 24.0 Å². The highest BCUT2D eigenvalue weighted by Gasteiger charge is 2.09. The second-order valence-electron chi connectivity index (χ2n) is 5.53. The Hall–Kier alpha value is -1.20.